The van der Waals surface area contributed by atoms with Crippen LogP contribution in [0.1, 0.15) is 24.8 Å². The number of carbonyl (C=O) groups is 1. The number of aliphatic hydroxyl groups excluding tert-OH is 1. The van der Waals surface area contributed by atoms with Crippen molar-refractivity contribution < 1.29 is 9.90 Å². The zero-order valence-electron chi connectivity index (χ0n) is 14.9. The Labute approximate surface area is 150 Å². The summed E-state index contributed by atoms with van der Waals surface area (Å²) in [5, 5.41) is 9.86. The van der Waals surface area contributed by atoms with E-state index in [1.807, 2.05) is 49.0 Å². The zero-order chi connectivity index (χ0) is 17.4. The molecule has 4 nitrogen and oxygen atoms in total. The van der Waals surface area contributed by atoms with Gasteiger partial charge in [0.25, 0.3) is 0 Å². The summed E-state index contributed by atoms with van der Waals surface area (Å²) in [6.45, 7) is 2.50. The number of nitrogens with zero attached hydrogens (tertiary/aromatic N) is 2. The van der Waals surface area contributed by atoms with Gasteiger partial charge in [-0.1, -0.05) is 30.3 Å². The van der Waals surface area contributed by atoms with Gasteiger partial charge in [0.1, 0.15) is 0 Å². The van der Waals surface area contributed by atoms with E-state index in [4.69, 9.17) is 0 Å². The molecule has 0 aromatic heterocycles. The number of hydrogen-bond donors (Lipinski definition) is 1. The third-order valence-electron chi connectivity index (χ3n) is 4.57. The molecule has 2 rings (SSSR count). The molecule has 1 aromatic rings. The zero-order valence-corrected chi connectivity index (χ0v) is 15.7. The average Bonchev–Trinajstić information content (AvgIpc) is 2.59. The van der Waals surface area contributed by atoms with E-state index < -0.39 is 0 Å². The van der Waals surface area contributed by atoms with Crippen LogP contribution in [0.2, 0.25) is 0 Å². The minimum absolute atomic E-state index is 0.151. The molecule has 1 heterocycles. The summed E-state index contributed by atoms with van der Waals surface area (Å²) in [4.78, 5) is 16.6. The summed E-state index contributed by atoms with van der Waals surface area (Å²) < 4.78 is 0. The number of aliphatic hydroxyl groups is 1. The van der Waals surface area contributed by atoms with Gasteiger partial charge < -0.3 is 14.9 Å². The van der Waals surface area contributed by atoms with Crippen molar-refractivity contribution in [3.8, 4) is 0 Å². The van der Waals surface area contributed by atoms with Crippen molar-refractivity contribution in [3.63, 3.8) is 0 Å². The Morgan fingerprint density at radius 3 is 2.75 bits per heavy atom. The van der Waals surface area contributed by atoms with Gasteiger partial charge >= 0.3 is 0 Å². The fourth-order valence-corrected chi connectivity index (χ4v) is 4.37. The molecule has 1 amide bonds. The fraction of sp³-hybridized carbons (Fsp3) is 0.632. The molecule has 134 valence electrons. The highest BCUT2D eigenvalue weighted by Crippen LogP contribution is 2.30. The van der Waals surface area contributed by atoms with Gasteiger partial charge in [-0.05, 0) is 32.5 Å². The van der Waals surface area contributed by atoms with Crippen molar-refractivity contribution in [1.82, 2.24) is 9.80 Å². The summed E-state index contributed by atoms with van der Waals surface area (Å²) in [5.41, 5.74) is 1.15. The lowest BCUT2D eigenvalue weighted by atomic mass is 9.80. The smallest absolute Gasteiger partial charge is 0.223 e. The Morgan fingerprint density at radius 2 is 2.08 bits per heavy atom. The summed E-state index contributed by atoms with van der Waals surface area (Å²) in [6, 6.07) is 10.4. The first-order valence-corrected chi connectivity index (χ1v) is 9.85. The normalized spacial score (nSPS) is 21.2. The molecule has 0 unspecified atom stereocenters. The quantitative estimate of drug-likeness (QED) is 0.732. The summed E-state index contributed by atoms with van der Waals surface area (Å²) in [6.07, 6.45) is 2.56. The van der Waals surface area contributed by atoms with Crippen molar-refractivity contribution in [2.45, 2.75) is 25.0 Å². The molecule has 0 spiro atoms. The minimum atomic E-state index is -0.158. The molecule has 0 saturated carbocycles. The van der Waals surface area contributed by atoms with Crippen LogP contribution in [0.4, 0.5) is 0 Å². The third-order valence-corrected chi connectivity index (χ3v) is 5.60. The molecule has 1 aliphatic rings. The van der Waals surface area contributed by atoms with Crippen molar-refractivity contribution >= 4 is 17.7 Å². The van der Waals surface area contributed by atoms with Gasteiger partial charge in [0.05, 0.1) is 6.61 Å². The van der Waals surface area contributed by atoms with Crippen LogP contribution in [0.5, 0.6) is 0 Å². The molecule has 1 N–H and O–H groups in total. The number of thioether (sulfide) groups is 1. The van der Waals surface area contributed by atoms with Gasteiger partial charge in [-0.2, -0.15) is 11.8 Å². The molecule has 0 bridgehead atoms. The second-order valence-corrected chi connectivity index (χ2v) is 8.21. The molecule has 5 heteroatoms. The van der Waals surface area contributed by atoms with Crippen molar-refractivity contribution in [3.05, 3.63) is 35.9 Å². The summed E-state index contributed by atoms with van der Waals surface area (Å²) >= 11 is 1.81. The van der Waals surface area contributed by atoms with Crippen molar-refractivity contribution in [2.75, 3.05) is 46.1 Å². The Kier molecular flexibility index (Phi) is 7.59. The number of benzene rings is 1. The lowest BCUT2D eigenvalue weighted by Gasteiger charge is -2.43. The Balaban J connectivity index is 1.77. The summed E-state index contributed by atoms with van der Waals surface area (Å²) in [5.74, 6) is 2.03. The Hall–Kier alpha value is -1.04. The monoisotopic (exact) mass is 350 g/mol. The van der Waals surface area contributed by atoms with Crippen LogP contribution in [0.3, 0.4) is 0 Å². The van der Waals surface area contributed by atoms with Gasteiger partial charge in [-0.25, -0.2) is 0 Å². The minimum Gasteiger partial charge on any atom is -0.396 e. The number of piperidine rings is 1. The van der Waals surface area contributed by atoms with Crippen LogP contribution >= 0.6 is 11.8 Å². The SMILES string of the molecule is CN(C)C[C@]1(CO)CCCN(C(=O)CCSCc2ccccc2)C1. The molecule has 0 aliphatic carbocycles. The molecule has 1 aromatic carbocycles. The topological polar surface area (TPSA) is 43.8 Å². The van der Waals surface area contributed by atoms with E-state index in [1.54, 1.807) is 0 Å². The van der Waals surface area contributed by atoms with E-state index in [2.05, 4.69) is 17.0 Å². The highest BCUT2D eigenvalue weighted by Gasteiger charge is 2.36. The van der Waals surface area contributed by atoms with Crippen molar-refractivity contribution in [1.29, 1.82) is 0 Å². The number of hydrogen-bond acceptors (Lipinski definition) is 4. The molecule has 24 heavy (non-hydrogen) atoms. The van der Waals surface area contributed by atoms with Crippen LogP contribution < -0.4 is 0 Å². The summed E-state index contributed by atoms with van der Waals surface area (Å²) in [7, 11) is 4.05. The third kappa shape index (κ3) is 5.80. The lowest BCUT2D eigenvalue weighted by Crippen LogP contribution is -2.52. The largest absolute Gasteiger partial charge is 0.396 e. The molecular weight excluding hydrogens is 320 g/mol. The first kappa shape index (κ1) is 19.3. The van der Waals surface area contributed by atoms with E-state index in [-0.39, 0.29) is 17.9 Å². The van der Waals surface area contributed by atoms with E-state index >= 15 is 0 Å². The molecule has 1 aliphatic heterocycles. The van der Waals surface area contributed by atoms with Crippen LogP contribution in [-0.4, -0.2) is 66.9 Å². The van der Waals surface area contributed by atoms with Gasteiger partial charge in [0.15, 0.2) is 0 Å². The molecular formula is C19H30N2O2S. The lowest BCUT2D eigenvalue weighted by molar-refractivity contribution is -0.135. The maximum atomic E-state index is 12.5. The molecule has 1 fully saturated rings. The van der Waals surface area contributed by atoms with E-state index in [0.717, 1.165) is 37.4 Å². The van der Waals surface area contributed by atoms with E-state index in [9.17, 15) is 9.90 Å². The second-order valence-electron chi connectivity index (χ2n) is 7.10. The fourth-order valence-electron chi connectivity index (χ4n) is 3.48. The van der Waals surface area contributed by atoms with Gasteiger partial charge in [0.2, 0.25) is 5.91 Å². The standard InChI is InChI=1S/C19H30N2O2S/c1-20(2)14-19(16-22)10-6-11-21(15-19)18(23)9-12-24-13-17-7-4-3-5-8-17/h3-5,7-8,22H,6,9-16H2,1-2H3/t19-/m1/s1. The predicted octanol–water partition coefficient (Wildman–Crippen LogP) is 2.47. The predicted molar refractivity (Wildman–Crippen MR) is 101 cm³/mol. The maximum Gasteiger partial charge on any atom is 0.223 e. The number of likely N-dealkylation sites (tertiary alicyclic amines) is 1. The highest BCUT2D eigenvalue weighted by atomic mass is 32.2. The van der Waals surface area contributed by atoms with Crippen LogP contribution in [0, 0.1) is 5.41 Å². The van der Waals surface area contributed by atoms with Crippen LogP contribution in [-0.2, 0) is 10.5 Å². The molecule has 1 atom stereocenters. The number of rotatable bonds is 8. The van der Waals surface area contributed by atoms with E-state index in [0.29, 0.717) is 13.0 Å². The van der Waals surface area contributed by atoms with Gasteiger partial charge in [-0.15, -0.1) is 0 Å². The molecule has 1 saturated heterocycles. The van der Waals surface area contributed by atoms with Gasteiger partial charge in [-0.3, -0.25) is 4.79 Å². The second kappa shape index (κ2) is 9.44. The maximum absolute atomic E-state index is 12.5. The van der Waals surface area contributed by atoms with Crippen LogP contribution in [0.25, 0.3) is 0 Å². The van der Waals surface area contributed by atoms with Gasteiger partial charge in [0, 0.05) is 43.0 Å². The Morgan fingerprint density at radius 1 is 1.33 bits per heavy atom. The first-order valence-electron chi connectivity index (χ1n) is 8.70. The number of amides is 1. The van der Waals surface area contributed by atoms with E-state index in [1.165, 1.54) is 5.56 Å². The Bertz CT molecular complexity index is 509. The first-order chi connectivity index (χ1) is 11.5. The van der Waals surface area contributed by atoms with Crippen LogP contribution in [0.15, 0.2) is 30.3 Å². The molecule has 0 radical (unpaired) electrons. The highest BCUT2D eigenvalue weighted by molar-refractivity contribution is 7.98. The van der Waals surface area contributed by atoms with Crippen molar-refractivity contribution in [2.24, 2.45) is 5.41 Å². The number of carbonyl (C=O) groups excluding carboxylic acids is 1. The average molecular weight is 351 g/mol.